The zero-order valence-electron chi connectivity index (χ0n) is 18.6. The van der Waals surface area contributed by atoms with E-state index in [4.69, 9.17) is 19.5 Å². The number of nitrogens with one attached hydrogen (secondary N) is 2. The van der Waals surface area contributed by atoms with E-state index in [0.717, 1.165) is 27.7 Å². The van der Waals surface area contributed by atoms with Gasteiger partial charge in [0.15, 0.2) is 11.9 Å². The van der Waals surface area contributed by atoms with Crippen molar-refractivity contribution in [3.05, 3.63) is 96.2 Å². The molecule has 1 atom stereocenters. The average molecular weight is 454 g/mol. The van der Waals surface area contributed by atoms with Crippen LogP contribution in [0.3, 0.4) is 0 Å². The molecule has 2 aromatic heterocycles. The Bertz CT molecular complexity index is 1340. The van der Waals surface area contributed by atoms with Crippen molar-refractivity contribution in [1.29, 1.82) is 0 Å². The Morgan fingerprint density at radius 1 is 1.06 bits per heavy atom. The summed E-state index contributed by atoms with van der Waals surface area (Å²) >= 11 is 0. The van der Waals surface area contributed by atoms with E-state index in [0.29, 0.717) is 18.2 Å². The van der Waals surface area contributed by atoms with E-state index in [1.807, 2.05) is 48.5 Å². The van der Waals surface area contributed by atoms with Crippen LogP contribution in [0.4, 0.5) is 5.82 Å². The Labute approximate surface area is 196 Å². The molecule has 0 bridgehead atoms. The first-order valence-corrected chi connectivity index (χ1v) is 11.0. The number of hydrogen-bond donors (Lipinski definition) is 2. The summed E-state index contributed by atoms with van der Waals surface area (Å²) in [5.74, 6) is 0.602. The van der Waals surface area contributed by atoms with E-state index in [9.17, 15) is 4.79 Å². The molecule has 0 saturated heterocycles. The number of hydroxylamine groups is 1. The first-order chi connectivity index (χ1) is 16.7. The second kappa shape index (κ2) is 9.68. The third kappa shape index (κ3) is 4.44. The highest BCUT2D eigenvalue weighted by Crippen LogP contribution is 2.34. The number of fused-ring (bicyclic) bond motifs is 1. The molecule has 8 nitrogen and oxygen atoms in total. The van der Waals surface area contributed by atoms with Crippen LogP contribution in [0, 0.1) is 0 Å². The van der Waals surface area contributed by atoms with E-state index in [1.54, 1.807) is 19.2 Å². The van der Waals surface area contributed by atoms with Crippen LogP contribution in [0.25, 0.3) is 22.0 Å². The molecule has 4 aromatic rings. The number of pyridine rings is 1. The molecule has 0 saturated carbocycles. The number of hydrogen-bond acceptors (Lipinski definition) is 8. The second-order valence-electron chi connectivity index (χ2n) is 7.61. The van der Waals surface area contributed by atoms with E-state index >= 15 is 0 Å². The van der Waals surface area contributed by atoms with Crippen molar-refractivity contribution < 1.29 is 14.4 Å². The Morgan fingerprint density at radius 2 is 1.91 bits per heavy atom. The molecule has 5 rings (SSSR count). The number of carbonyl (C=O) groups excluding carboxylic acids is 1. The fraction of sp³-hybridized carbons (Fsp3) is 0.154. The van der Waals surface area contributed by atoms with Crippen molar-refractivity contribution >= 4 is 22.7 Å². The van der Waals surface area contributed by atoms with Crippen LogP contribution in [0.1, 0.15) is 24.5 Å². The largest absolute Gasteiger partial charge is 0.461 e. The van der Waals surface area contributed by atoms with E-state index in [-0.39, 0.29) is 12.3 Å². The third-order valence-corrected chi connectivity index (χ3v) is 5.35. The quantitative estimate of drug-likeness (QED) is 0.399. The number of ether oxygens (including phenoxy) is 1. The summed E-state index contributed by atoms with van der Waals surface area (Å²) in [6, 6.07) is 21.9. The summed E-state index contributed by atoms with van der Waals surface area (Å²) in [5, 5.41) is 4.33. The number of nitrogens with zero attached hydrogens (tertiary/aromatic N) is 3. The van der Waals surface area contributed by atoms with Gasteiger partial charge in [0.05, 0.1) is 29.7 Å². The molecule has 34 heavy (non-hydrogen) atoms. The molecule has 1 unspecified atom stereocenters. The highest BCUT2D eigenvalue weighted by Gasteiger charge is 2.27. The maximum absolute atomic E-state index is 12.1. The Morgan fingerprint density at radius 3 is 2.71 bits per heavy atom. The standard InChI is InChI=1S/C26H23N5O3/c1-2-33-26(32)21-15-22(34-31-21)24-29-20-13-8-12-19(17-9-4-3-5-10-17)23(20)25(30-24)28-16-18-11-6-7-14-27-18/h3-15,22,31H,2,16H2,1H3,(H,28,29,30). The lowest BCUT2D eigenvalue weighted by Crippen LogP contribution is -2.18. The minimum Gasteiger partial charge on any atom is -0.461 e. The third-order valence-electron chi connectivity index (χ3n) is 5.35. The van der Waals surface area contributed by atoms with Crippen molar-refractivity contribution in [2.75, 3.05) is 11.9 Å². The van der Waals surface area contributed by atoms with Gasteiger partial charge in [-0.3, -0.25) is 15.3 Å². The maximum atomic E-state index is 12.1. The van der Waals surface area contributed by atoms with Crippen molar-refractivity contribution in [2.45, 2.75) is 19.6 Å². The fourth-order valence-corrected chi connectivity index (χ4v) is 3.78. The summed E-state index contributed by atoms with van der Waals surface area (Å²) in [7, 11) is 0. The monoisotopic (exact) mass is 453 g/mol. The maximum Gasteiger partial charge on any atom is 0.356 e. The van der Waals surface area contributed by atoms with Gasteiger partial charge in [0.1, 0.15) is 11.5 Å². The minimum absolute atomic E-state index is 0.233. The van der Waals surface area contributed by atoms with Gasteiger partial charge in [0.25, 0.3) is 0 Å². The molecule has 3 heterocycles. The number of anilines is 1. The fourth-order valence-electron chi connectivity index (χ4n) is 3.78. The van der Waals surface area contributed by atoms with Crippen LogP contribution in [0.2, 0.25) is 0 Å². The van der Waals surface area contributed by atoms with Gasteiger partial charge >= 0.3 is 5.97 Å². The normalized spacial score (nSPS) is 15.0. The molecule has 1 aliphatic rings. The number of benzene rings is 2. The first-order valence-electron chi connectivity index (χ1n) is 11.0. The van der Waals surface area contributed by atoms with Gasteiger partial charge in [-0.15, -0.1) is 0 Å². The van der Waals surface area contributed by atoms with Gasteiger partial charge in [-0.25, -0.2) is 14.8 Å². The minimum atomic E-state index is -0.639. The second-order valence-corrected chi connectivity index (χ2v) is 7.61. The van der Waals surface area contributed by atoms with Gasteiger partial charge in [-0.1, -0.05) is 48.5 Å². The summed E-state index contributed by atoms with van der Waals surface area (Å²) in [5.41, 5.74) is 6.59. The molecule has 0 amide bonds. The Kier molecular flexibility index (Phi) is 6.13. The Balaban J connectivity index is 1.58. The summed E-state index contributed by atoms with van der Waals surface area (Å²) in [4.78, 5) is 31.6. The van der Waals surface area contributed by atoms with Crippen LogP contribution in [-0.4, -0.2) is 27.5 Å². The lowest BCUT2D eigenvalue weighted by Gasteiger charge is -2.15. The van der Waals surface area contributed by atoms with Crippen molar-refractivity contribution in [3.8, 4) is 11.1 Å². The van der Waals surface area contributed by atoms with E-state index < -0.39 is 12.1 Å². The molecule has 2 N–H and O–H groups in total. The van der Waals surface area contributed by atoms with Crippen LogP contribution in [-0.2, 0) is 20.9 Å². The van der Waals surface area contributed by atoms with E-state index in [2.05, 4.69) is 34.0 Å². The van der Waals surface area contributed by atoms with Crippen LogP contribution >= 0.6 is 0 Å². The summed E-state index contributed by atoms with van der Waals surface area (Å²) in [6.45, 7) is 2.52. The molecule has 0 spiro atoms. The molecule has 8 heteroatoms. The topological polar surface area (TPSA) is 98.3 Å². The summed E-state index contributed by atoms with van der Waals surface area (Å²) in [6.07, 6.45) is 2.75. The molecule has 170 valence electrons. The predicted octanol–water partition coefficient (Wildman–Crippen LogP) is 4.33. The van der Waals surface area contributed by atoms with Crippen LogP contribution < -0.4 is 10.8 Å². The summed E-state index contributed by atoms with van der Waals surface area (Å²) < 4.78 is 5.05. The van der Waals surface area contributed by atoms with Crippen LogP contribution in [0.15, 0.2) is 84.7 Å². The average Bonchev–Trinajstić information content (AvgIpc) is 3.39. The van der Waals surface area contributed by atoms with Gasteiger partial charge < -0.3 is 10.1 Å². The van der Waals surface area contributed by atoms with Gasteiger partial charge in [-0.05, 0) is 42.3 Å². The molecular weight excluding hydrogens is 430 g/mol. The predicted molar refractivity (Wildman–Crippen MR) is 128 cm³/mol. The number of carbonyl (C=O) groups is 1. The van der Waals surface area contributed by atoms with Crippen LogP contribution in [0.5, 0.6) is 0 Å². The molecule has 0 radical (unpaired) electrons. The lowest BCUT2D eigenvalue weighted by atomic mass is 10.0. The molecular formula is C26H23N5O3. The molecule has 0 fully saturated rings. The zero-order valence-corrected chi connectivity index (χ0v) is 18.6. The van der Waals surface area contributed by atoms with Crippen molar-refractivity contribution in [1.82, 2.24) is 20.4 Å². The highest BCUT2D eigenvalue weighted by atomic mass is 16.7. The molecule has 0 aliphatic carbocycles. The van der Waals surface area contributed by atoms with E-state index in [1.165, 1.54) is 0 Å². The first kappa shape index (κ1) is 21.5. The molecule has 1 aliphatic heterocycles. The smallest absolute Gasteiger partial charge is 0.356 e. The van der Waals surface area contributed by atoms with Gasteiger partial charge in [-0.2, -0.15) is 0 Å². The number of aromatic nitrogens is 3. The SMILES string of the molecule is CCOC(=O)C1=CC(c2nc(NCc3ccccn3)c3c(-c4ccccc4)cccc3n2)ON1. The number of esters is 1. The Hall–Kier alpha value is -4.30. The molecule has 2 aromatic carbocycles. The lowest BCUT2D eigenvalue weighted by molar-refractivity contribution is -0.140. The van der Waals surface area contributed by atoms with Gasteiger partial charge in [0, 0.05) is 6.20 Å². The van der Waals surface area contributed by atoms with Crippen molar-refractivity contribution in [3.63, 3.8) is 0 Å². The van der Waals surface area contributed by atoms with Crippen molar-refractivity contribution in [2.24, 2.45) is 0 Å². The van der Waals surface area contributed by atoms with Gasteiger partial charge in [0.2, 0.25) is 0 Å². The number of rotatable bonds is 7. The zero-order chi connectivity index (χ0) is 23.3. The highest BCUT2D eigenvalue weighted by molar-refractivity contribution is 6.01.